The number of nitrogens with zero attached hydrogens (tertiary/aromatic N) is 3. The topological polar surface area (TPSA) is 90.2 Å². The van der Waals surface area contributed by atoms with Crippen LogP contribution in [0.15, 0.2) is 36.7 Å². The molecule has 1 N–H and O–H groups in total. The van der Waals surface area contributed by atoms with Crippen LogP contribution in [0.4, 0.5) is 21.6 Å². The zero-order valence-corrected chi connectivity index (χ0v) is 16.2. The Labute approximate surface area is 171 Å². The average molecular weight is 417 g/mol. The smallest absolute Gasteiger partial charge is 0.311 e. The number of anilines is 2. The molecule has 1 aromatic heterocycles. The van der Waals surface area contributed by atoms with Crippen molar-refractivity contribution >= 4 is 39.7 Å². The van der Waals surface area contributed by atoms with Crippen molar-refractivity contribution in [3.63, 3.8) is 0 Å². The molecule has 0 saturated heterocycles. The maximum absolute atomic E-state index is 13.4. The van der Waals surface area contributed by atoms with Crippen LogP contribution in [-0.4, -0.2) is 21.0 Å². The third-order valence-electron chi connectivity index (χ3n) is 4.94. The van der Waals surface area contributed by atoms with Crippen LogP contribution in [0.25, 0.3) is 10.9 Å². The third kappa shape index (κ3) is 4.22. The lowest BCUT2D eigenvalue weighted by Crippen LogP contribution is -2.20. The molecule has 4 rings (SSSR count). The molecule has 0 amide bonds. The molecule has 1 fully saturated rings. The Kier molecular flexibility index (Phi) is 5.44. The van der Waals surface area contributed by atoms with Gasteiger partial charge < -0.3 is 10.1 Å². The van der Waals surface area contributed by atoms with Gasteiger partial charge in [-0.1, -0.05) is 18.0 Å². The van der Waals surface area contributed by atoms with E-state index in [-0.39, 0.29) is 22.6 Å². The lowest BCUT2D eigenvalue weighted by molar-refractivity contribution is -0.386. The van der Waals surface area contributed by atoms with Crippen molar-refractivity contribution in [2.75, 3.05) is 5.32 Å². The molecular weight excluding hydrogens is 399 g/mol. The van der Waals surface area contributed by atoms with E-state index in [0.717, 1.165) is 32.1 Å². The Morgan fingerprint density at radius 3 is 2.69 bits per heavy atom. The summed E-state index contributed by atoms with van der Waals surface area (Å²) < 4.78 is 19.4. The SMILES string of the molecule is O=[N+]([O-])c1cc2c(Nc3ccc(F)c(Cl)c3)ncnc2cc1OC1CCCCC1. The fourth-order valence-corrected chi connectivity index (χ4v) is 3.66. The van der Waals surface area contributed by atoms with E-state index >= 15 is 0 Å². The van der Waals surface area contributed by atoms with Crippen LogP contribution < -0.4 is 10.1 Å². The zero-order chi connectivity index (χ0) is 20.4. The molecule has 150 valence electrons. The summed E-state index contributed by atoms with van der Waals surface area (Å²) >= 11 is 5.82. The fourth-order valence-electron chi connectivity index (χ4n) is 3.48. The van der Waals surface area contributed by atoms with Gasteiger partial charge in [0.05, 0.1) is 27.0 Å². The summed E-state index contributed by atoms with van der Waals surface area (Å²) in [6.07, 6.45) is 6.38. The molecule has 0 unspecified atom stereocenters. The lowest BCUT2D eigenvalue weighted by atomic mass is 9.98. The van der Waals surface area contributed by atoms with Gasteiger partial charge in [-0.05, 0) is 43.9 Å². The number of nitro benzene ring substituents is 1. The highest BCUT2D eigenvalue weighted by Crippen LogP contribution is 2.36. The minimum Gasteiger partial charge on any atom is -0.483 e. The normalized spacial score (nSPS) is 14.7. The summed E-state index contributed by atoms with van der Waals surface area (Å²) in [5, 5.41) is 15.1. The summed E-state index contributed by atoms with van der Waals surface area (Å²) in [5.41, 5.74) is 0.867. The molecule has 3 aromatic rings. The van der Waals surface area contributed by atoms with E-state index < -0.39 is 10.7 Å². The van der Waals surface area contributed by atoms with Crippen LogP contribution in [0.1, 0.15) is 32.1 Å². The van der Waals surface area contributed by atoms with Gasteiger partial charge in [0.2, 0.25) is 0 Å². The van der Waals surface area contributed by atoms with Crippen molar-refractivity contribution in [1.29, 1.82) is 0 Å². The van der Waals surface area contributed by atoms with Crippen molar-refractivity contribution in [2.24, 2.45) is 0 Å². The van der Waals surface area contributed by atoms with Gasteiger partial charge in [0.1, 0.15) is 18.0 Å². The van der Waals surface area contributed by atoms with Crippen molar-refractivity contribution in [3.05, 3.63) is 57.6 Å². The van der Waals surface area contributed by atoms with Gasteiger partial charge in [-0.25, -0.2) is 14.4 Å². The first kappa shape index (κ1) is 19.3. The van der Waals surface area contributed by atoms with Crippen LogP contribution in [0.2, 0.25) is 5.02 Å². The van der Waals surface area contributed by atoms with Crippen LogP contribution in [0, 0.1) is 15.9 Å². The van der Waals surface area contributed by atoms with E-state index in [1.165, 1.54) is 30.6 Å². The summed E-state index contributed by atoms with van der Waals surface area (Å²) in [5.74, 6) is 0.0266. The van der Waals surface area contributed by atoms with Crippen molar-refractivity contribution < 1.29 is 14.1 Å². The monoisotopic (exact) mass is 416 g/mol. The minimum atomic E-state index is -0.537. The van der Waals surface area contributed by atoms with E-state index in [9.17, 15) is 14.5 Å². The average Bonchev–Trinajstić information content (AvgIpc) is 2.71. The second-order valence-electron chi connectivity index (χ2n) is 6.95. The third-order valence-corrected chi connectivity index (χ3v) is 5.23. The Morgan fingerprint density at radius 2 is 1.97 bits per heavy atom. The highest BCUT2D eigenvalue weighted by molar-refractivity contribution is 6.31. The maximum atomic E-state index is 13.4. The van der Waals surface area contributed by atoms with Gasteiger partial charge in [-0.3, -0.25) is 10.1 Å². The van der Waals surface area contributed by atoms with Crippen molar-refractivity contribution in [2.45, 2.75) is 38.2 Å². The largest absolute Gasteiger partial charge is 0.483 e. The van der Waals surface area contributed by atoms with Gasteiger partial charge in [-0.15, -0.1) is 0 Å². The number of aromatic nitrogens is 2. The van der Waals surface area contributed by atoms with Crippen molar-refractivity contribution in [3.8, 4) is 5.75 Å². The Bertz CT molecular complexity index is 1070. The van der Waals surface area contributed by atoms with E-state index in [4.69, 9.17) is 16.3 Å². The number of nitro groups is 1. The standard InChI is InChI=1S/C20H18ClFN4O3/c21-15-8-12(6-7-16(15)22)25-20-14-9-18(26(27)28)19(10-17(14)23-11-24-20)29-13-4-2-1-3-5-13/h6-11,13H,1-5H2,(H,23,24,25). The van der Waals surface area contributed by atoms with Crippen LogP contribution in [0.5, 0.6) is 5.75 Å². The summed E-state index contributed by atoms with van der Waals surface area (Å²) in [4.78, 5) is 19.6. The van der Waals surface area contributed by atoms with Crippen LogP contribution in [-0.2, 0) is 0 Å². The van der Waals surface area contributed by atoms with Gasteiger partial charge in [0, 0.05) is 17.8 Å². The van der Waals surface area contributed by atoms with E-state index in [2.05, 4.69) is 15.3 Å². The molecule has 1 saturated carbocycles. The summed E-state index contributed by atoms with van der Waals surface area (Å²) in [6.45, 7) is 0. The number of benzene rings is 2. The molecule has 0 bridgehead atoms. The molecule has 1 aliphatic carbocycles. The molecule has 9 heteroatoms. The predicted molar refractivity (Wildman–Crippen MR) is 108 cm³/mol. The van der Waals surface area contributed by atoms with E-state index in [1.54, 1.807) is 6.07 Å². The summed E-state index contributed by atoms with van der Waals surface area (Å²) in [6, 6.07) is 7.13. The van der Waals surface area contributed by atoms with Gasteiger partial charge in [0.15, 0.2) is 5.75 Å². The highest BCUT2D eigenvalue weighted by Gasteiger charge is 2.23. The molecule has 1 aliphatic rings. The van der Waals surface area contributed by atoms with Gasteiger partial charge in [0.25, 0.3) is 0 Å². The number of halogens is 2. The first-order chi connectivity index (χ1) is 14.0. The molecular formula is C20H18ClFN4O3. The number of hydrogen-bond acceptors (Lipinski definition) is 6. The molecule has 0 spiro atoms. The highest BCUT2D eigenvalue weighted by atomic mass is 35.5. The molecule has 29 heavy (non-hydrogen) atoms. The quantitative estimate of drug-likeness (QED) is 0.418. The Balaban J connectivity index is 1.72. The Morgan fingerprint density at radius 1 is 1.17 bits per heavy atom. The predicted octanol–water partition coefficient (Wildman–Crippen LogP) is 5.79. The molecule has 2 aromatic carbocycles. The summed E-state index contributed by atoms with van der Waals surface area (Å²) in [7, 11) is 0. The van der Waals surface area contributed by atoms with E-state index in [0.29, 0.717) is 22.4 Å². The molecule has 0 atom stereocenters. The van der Waals surface area contributed by atoms with Crippen molar-refractivity contribution in [1.82, 2.24) is 9.97 Å². The van der Waals surface area contributed by atoms with Gasteiger partial charge in [-0.2, -0.15) is 0 Å². The zero-order valence-electron chi connectivity index (χ0n) is 15.4. The second-order valence-corrected chi connectivity index (χ2v) is 7.36. The molecule has 1 heterocycles. The Hall–Kier alpha value is -3.00. The molecule has 0 aliphatic heterocycles. The number of nitrogens with one attached hydrogen (secondary N) is 1. The van der Waals surface area contributed by atoms with Crippen LogP contribution in [0.3, 0.4) is 0 Å². The lowest BCUT2D eigenvalue weighted by Gasteiger charge is -2.23. The molecule has 0 radical (unpaired) electrons. The van der Waals surface area contributed by atoms with E-state index in [1.807, 2.05) is 0 Å². The van der Waals surface area contributed by atoms with Gasteiger partial charge >= 0.3 is 5.69 Å². The first-order valence-electron chi connectivity index (χ1n) is 9.33. The minimum absolute atomic E-state index is 0.0271. The number of ether oxygens (including phenoxy) is 1. The first-order valence-corrected chi connectivity index (χ1v) is 9.71. The second kappa shape index (κ2) is 8.16. The number of fused-ring (bicyclic) bond motifs is 1. The number of rotatable bonds is 5. The maximum Gasteiger partial charge on any atom is 0.311 e. The fraction of sp³-hybridized carbons (Fsp3) is 0.300. The number of hydrogen-bond donors (Lipinski definition) is 1. The molecule has 7 nitrogen and oxygen atoms in total. The van der Waals surface area contributed by atoms with Crippen LogP contribution >= 0.6 is 11.6 Å².